The van der Waals surface area contributed by atoms with Gasteiger partial charge in [0.1, 0.15) is 0 Å². The molecule has 0 radical (unpaired) electrons. The minimum Gasteiger partial charge on any atom is -0.346 e. The topological polar surface area (TPSA) is 29.1 Å². The lowest BCUT2D eigenvalue weighted by molar-refractivity contribution is -0.117. The van der Waals surface area contributed by atoms with Gasteiger partial charge in [-0.1, -0.05) is 53.6 Å². The van der Waals surface area contributed by atoms with E-state index in [4.69, 9.17) is 0 Å². The van der Waals surface area contributed by atoms with Crippen molar-refractivity contribution in [2.24, 2.45) is 0 Å². The number of rotatable bonds is 4. The molecule has 0 aliphatic rings. The fourth-order valence-corrected chi connectivity index (χ4v) is 2.42. The summed E-state index contributed by atoms with van der Waals surface area (Å²) < 4.78 is 0. The van der Waals surface area contributed by atoms with Gasteiger partial charge in [-0.15, -0.1) is 0 Å². The second kappa shape index (κ2) is 7.08. The third-order valence-corrected chi connectivity index (χ3v) is 3.76. The van der Waals surface area contributed by atoms with E-state index in [1.807, 2.05) is 44.2 Å². The lowest BCUT2D eigenvalue weighted by Crippen LogP contribution is -2.25. The van der Waals surface area contributed by atoms with Crippen molar-refractivity contribution in [3.8, 4) is 0 Å². The average molecular weight is 293 g/mol. The van der Waals surface area contributed by atoms with Crippen molar-refractivity contribution in [1.29, 1.82) is 0 Å². The Hall–Kier alpha value is -2.35. The van der Waals surface area contributed by atoms with E-state index in [1.54, 1.807) is 6.08 Å². The zero-order chi connectivity index (χ0) is 16.1. The Bertz CT molecular complexity index is 683. The molecule has 0 bridgehead atoms. The molecule has 0 spiro atoms. The first-order valence-electron chi connectivity index (χ1n) is 7.58. The SMILES string of the molecule is Cc1ccc(/C=C/C(=O)N[C@H](C)c2cc(C)ccc2C)cc1. The molecule has 0 fully saturated rings. The molecule has 2 nitrogen and oxygen atoms in total. The van der Waals surface area contributed by atoms with Gasteiger partial charge in [0.2, 0.25) is 5.91 Å². The average Bonchev–Trinajstić information content (AvgIpc) is 2.49. The Morgan fingerprint density at radius 2 is 1.64 bits per heavy atom. The van der Waals surface area contributed by atoms with Gasteiger partial charge in [0, 0.05) is 6.08 Å². The Balaban J connectivity index is 2.02. The highest BCUT2D eigenvalue weighted by molar-refractivity contribution is 5.92. The number of carbonyl (C=O) groups excluding carboxylic acids is 1. The maximum Gasteiger partial charge on any atom is 0.244 e. The second-order valence-corrected chi connectivity index (χ2v) is 5.83. The number of hydrogen-bond acceptors (Lipinski definition) is 1. The molecule has 2 aromatic rings. The first-order chi connectivity index (χ1) is 10.5. The van der Waals surface area contributed by atoms with Gasteiger partial charge in [-0.3, -0.25) is 4.79 Å². The normalized spacial score (nSPS) is 12.4. The van der Waals surface area contributed by atoms with Gasteiger partial charge in [0.05, 0.1) is 6.04 Å². The van der Waals surface area contributed by atoms with E-state index in [1.165, 1.54) is 16.7 Å². The summed E-state index contributed by atoms with van der Waals surface area (Å²) >= 11 is 0. The van der Waals surface area contributed by atoms with Crippen LogP contribution in [-0.4, -0.2) is 5.91 Å². The lowest BCUT2D eigenvalue weighted by Gasteiger charge is -2.16. The number of amides is 1. The molecular formula is C20H23NO. The lowest BCUT2D eigenvalue weighted by atomic mass is 10.00. The number of aryl methyl sites for hydroxylation is 3. The van der Waals surface area contributed by atoms with Gasteiger partial charge in [-0.25, -0.2) is 0 Å². The Morgan fingerprint density at radius 1 is 1.00 bits per heavy atom. The molecule has 1 amide bonds. The molecule has 0 saturated carbocycles. The van der Waals surface area contributed by atoms with Gasteiger partial charge in [0.25, 0.3) is 0 Å². The fourth-order valence-electron chi connectivity index (χ4n) is 2.42. The summed E-state index contributed by atoms with van der Waals surface area (Å²) in [7, 11) is 0. The maximum atomic E-state index is 12.1. The molecule has 0 aliphatic carbocycles. The van der Waals surface area contributed by atoms with Crippen LogP contribution in [0.2, 0.25) is 0 Å². The molecule has 114 valence electrons. The fraction of sp³-hybridized carbons (Fsp3) is 0.250. The second-order valence-electron chi connectivity index (χ2n) is 5.83. The van der Waals surface area contributed by atoms with Crippen molar-refractivity contribution < 1.29 is 4.79 Å². The summed E-state index contributed by atoms with van der Waals surface area (Å²) in [6.45, 7) is 8.19. The summed E-state index contributed by atoms with van der Waals surface area (Å²) in [6.07, 6.45) is 3.43. The predicted octanol–water partition coefficient (Wildman–Crippen LogP) is 4.50. The van der Waals surface area contributed by atoms with E-state index < -0.39 is 0 Å². The van der Waals surface area contributed by atoms with Crippen molar-refractivity contribution in [3.05, 3.63) is 76.4 Å². The van der Waals surface area contributed by atoms with Crippen LogP contribution in [0, 0.1) is 20.8 Å². The van der Waals surface area contributed by atoms with E-state index >= 15 is 0 Å². The Kier molecular flexibility index (Phi) is 5.16. The quantitative estimate of drug-likeness (QED) is 0.826. The molecule has 0 aromatic heterocycles. The van der Waals surface area contributed by atoms with Crippen molar-refractivity contribution in [1.82, 2.24) is 5.32 Å². The highest BCUT2D eigenvalue weighted by Gasteiger charge is 2.10. The predicted molar refractivity (Wildman–Crippen MR) is 92.7 cm³/mol. The van der Waals surface area contributed by atoms with Crippen LogP contribution in [0.1, 0.15) is 40.8 Å². The van der Waals surface area contributed by atoms with Crippen molar-refractivity contribution in [2.75, 3.05) is 0 Å². The van der Waals surface area contributed by atoms with E-state index in [0.29, 0.717) is 0 Å². The summed E-state index contributed by atoms with van der Waals surface area (Å²) in [4.78, 5) is 12.1. The third-order valence-electron chi connectivity index (χ3n) is 3.76. The summed E-state index contributed by atoms with van der Waals surface area (Å²) in [5.74, 6) is -0.0750. The zero-order valence-electron chi connectivity index (χ0n) is 13.7. The Morgan fingerprint density at radius 3 is 2.32 bits per heavy atom. The van der Waals surface area contributed by atoms with Crippen molar-refractivity contribution >= 4 is 12.0 Å². The van der Waals surface area contributed by atoms with Crippen LogP contribution in [-0.2, 0) is 4.79 Å². The number of carbonyl (C=O) groups is 1. The molecule has 0 saturated heterocycles. The molecule has 22 heavy (non-hydrogen) atoms. The molecule has 1 atom stereocenters. The van der Waals surface area contributed by atoms with Crippen LogP contribution >= 0.6 is 0 Å². The van der Waals surface area contributed by atoms with Crippen molar-refractivity contribution in [3.63, 3.8) is 0 Å². The largest absolute Gasteiger partial charge is 0.346 e. The van der Waals surface area contributed by atoms with E-state index in [9.17, 15) is 4.79 Å². The first-order valence-corrected chi connectivity index (χ1v) is 7.58. The van der Waals surface area contributed by atoms with Gasteiger partial charge >= 0.3 is 0 Å². The maximum absolute atomic E-state index is 12.1. The summed E-state index contributed by atoms with van der Waals surface area (Å²) in [6, 6.07) is 14.4. The molecule has 2 aromatic carbocycles. The first kappa shape index (κ1) is 16.0. The third kappa shape index (κ3) is 4.32. The van der Waals surface area contributed by atoms with E-state index in [0.717, 1.165) is 11.1 Å². The number of benzene rings is 2. The van der Waals surface area contributed by atoms with Gasteiger partial charge in [-0.2, -0.15) is 0 Å². The number of hydrogen-bond donors (Lipinski definition) is 1. The number of nitrogens with one attached hydrogen (secondary N) is 1. The molecule has 1 N–H and O–H groups in total. The molecule has 2 rings (SSSR count). The zero-order valence-corrected chi connectivity index (χ0v) is 13.7. The van der Waals surface area contributed by atoms with Crippen LogP contribution in [0.3, 0.4) is 0 Å². The Labute approximate surface area is 132 Å². The molecule has 0 heterocycles. The van der Waals surface area contributed by atoms with Gasteiger partial charge < -0.3 is 5.32 Å². The monoisotopic (exact) mass is 293 g/mol. The van der Waals surface area contributed by atoms with Crippen LogP contribution in [0.15, 0.2) is 48.5 Å². The smallest absolute Gasteiger partial charge is 0.244 e. The highest BCUT2D eigenvalue weighted by atomic mass is 16.1. The van der Waals surface area contributed by atoms with Crippen LogP contribution in [0.25, 0.3) is 6.08 Å². The van der Waals surface area contributed by atoms with E-state index in [2.05, 4.69) is 37.4 Å². The highest BCUT2D eigenvalue weighted by Crippen LogP contribution is 2.18. The summed E-state index contributed by atoms with van der Waals surface area (Å²) in [5.41, 5.74) is 5.81. The molecular weight excluding hydrogens is 270 g/mol. The standard InChI is InChI=1S/C20H23NO/c1-14-6-9-18(10-7-14)11-12-20(22)21-17(4)19-13-15(2)5-8-16(19)3/h5-13,17H,1-4H3,(H,21,22)/b12-11+/t17-/m1/s1. The van der Waals surface area contributed by atoms with Gasteiger partial charge in [0.15, 0.2) is 0 Å². The minimum atomic E-state index is -0.0750. The molecule has 0 aliphatic heterocycles. The van der Waals surface area contributed by atoms with E-state index in [-0.39, 0.29) is 11.9 Å². The van der Waals surface area contributed by atoms with Gasteiger partial charge in [-0.05, 0) is 50.5 Å². The minimum absolute atomic E-state index is 0.00457. The van der Waals surface area contributed by atoms with Crippen LogP contribution in [0.5, 0.6) is 0 Å². The molecule has 0 unspecified atom stereocenters. The molecule has 2 heteroatoms. The van der Waals surface area contributed by atoms with Crippen LogP contribution in [0.4, 0.5) is 0 Å². The van der Waals surface area contributed by atoms with Crippen LogP contribution < -0.4 is 5.32 Å². The van der Waals surface area contributed by atoms with Crippen molar-refractivity contribution in [2.45, 2.75) is 33.7 Å². The summed E-state index contributed by atoms with van der Waals surface area (Å²) in [5, 5.41) is 3.02.